The third-order valence-electron chi connectivity index (χ3n) is 2.01. The summed E-state index contributed by atoms with van der Waals surface area (Å²) in [6.07, 6.45) is 1.74. The van der Waals surface area contributed by atoms with Gasteiger partial charge in [-0.25, -0.2) is 4.98 Å². The van der Waals surface area contributed by atoms with Crippen molar-refractivity contribution in [2.45, 2.75) is 20.8 Å². The van der Waals surface area contributed by atoms with E-state index in [1.807, 2.05) is 19.2 Å². The minimum atomic E-state index is 0.253. The standard InChI is InChI=1S/C12H17N3/c1-12(2,3)9-15(4)11-6-5-10(7-13)14-8-11/h5-6,8H,9H2,1-4H3. The van der Waals surface area contributed by atoms with Crippen LogP contribution >= 0.6 is 0 Å². The number of hydrogen-bond acceptors (Lipinski definition) is 3. The van der Waals surface area contributed by atoms with Crippen molar-refractivity contribution in [1.29, 1.82) is 5.26 Å². The number of anilines is 1. The Morgan fingerprint density at radius 3 is 2.47 bits per heavy atom. The Bertz CT molecular complexity index is 354. The van der Waals surface area contributed by atoms with Gasteiger partial charge >= 0.3 is 0 Å². The van der Waals surface area contributed by atoms with E-state index in [0.717, 1.165) is 12.2 Å². The summed E-state index contributed by atoms with van der Waals surface area (Å²) in [6, 6.07) is 5.68. The summed E-state index contributed by atoms with van der Waals surface area (Å²) < 4.78 is 0. The third kappa shape index (κ3) is 3.59. The number of hydrogen-bond donors (Lipinski definition) is 0. The predicted molar refractivity (Wildman–Crippen MR) is 61.7 cm³/mol. The molecule has 1 rings (SSSR count). The van der Waals surface area contributed by atoms with Gasteiger partial charge in [-0.15, -0.1) is 0 Å². The van der Waals surface area contributed by atoms with E-state index in [1.54, 1.807) is 12.3 Å². The average Bonchev–Trinajstić information content (AvgIpc) is 2.15. The van der Waals surface area contributed by atoms with E-state index in [-0.39, 0.29) is 5.41 Å². The molecule has 0 atom stereocenters. The fourth-order valence-electron chi connectivity index (χ4n) is 1.48. The van der Waals surface area contributed by atoms with Gasteiger partial charge in [-0.1, -0.05) is 20.8 Å². The number of pyridine rings is 1. The molecule has 1 aromatic heterocycles. The molecule has 0 aliphatic rings. The van der Waals surface area contributed by atoms with Gasteiger partial charge in [0.15, 0.2) is 0 Å². The first-order valence-corrected chi connectivity index (χ1v) is 5.00. The van der Waals surface area contributed by atoms with Crippen molar-refractivity contribution in [3.05, 3.63) is 24.0 Å². The van der Waals surface area contributed by atoms with E-state index in [2.05, 4.69) is 30.7 Å². The molecule has 0 saturated heterocycles. The van der Waals surface area contributed by atoms with Crippen molar-refractivity contribution in [1.82, 2.24) is 4.98 Å². The average molecular weight is 203 g/mol. The SMILES string of the molecule is CN(CC(C)(C)C)c1ccc(C#N)nc1. The van der Waals surface area contributed by atoms with Crippen LogP contribution in [0.5, 0.6) is 0 Å². The van der Waals surface area contributed by atoms with Gasteiger partial charge in [0, 0.05) is 13.6 Å². The van der Waals surface area contributed by atoms with Crippen molar-refractivity contribution < 1.29 is 0 Å². The highest BCUT2D eigenvalue weighted by molar-refractivity contribution is 5.45. The van der Waals surface area contributed by atoms with Crippen molar-refractivity contribution >= 4 is 5.69 Å². The Morgan fingerprint density at radius 2 is 2.07 bits per heavy atom. The van der Waals surface area contributed by atoms with Crippen LogP contribution < -0.4 is 4.90 Å². The summed E-state index contributed by atoms with van der Waals surface area (Å²) in [5.41, 5.74) is 1.76. The fraction of sp³-hybridized carbons (Fsp3) is 0.500. The van der Waals surface area contributed by atoms with Crippen LogP contribution in [0.15, 0.2) is 18.3 Å². The van der Waals surface area contributed by atoms with Crippen LogP contribution in [0.3, 0.4) is 0 Å². The highest BCUT2D eigenvalue weighted by atomic mass is 15.1. The first kappa shape index (κ1) is 11.5. The molecule has 0 aliphatic heterocycles. The summed E-state index contributed by atoms with van der Waals surface area (Å²) in [7, 11) is 2.04. The molecular formula is C12H17N3. The number of rotatable bonds is 2. The Labute approximate surface area is 91.4 Å². The van der Waals surface area contributed by atoms with Gasteiger partial charge in [0.2, 0.25) is 0 Å². The van der Waals surface area contributed by atoms with Crippen LogP contribution in [0.25, 0.3) is 0 Å². The third-order valence-corrected chi connectivity index (χ3v) is 2.01. The molecule has 0 bridgehead atoms. The number of nitrogens with zero attached hydrogens (tertiary/aromatic N) is 3. The molecule has 0 spiro atoms. The fourth-order valence-corrected chi connectivity index (χ4v) is 1.48. The summed E-state index contributed by atoms with van der Waals surface area (Å²) in [6.45, 7) is 7.54. The lowest BCUT2D eigenvalue weighted by atomic mass is 9.96. The van der Waals surface area contributed by atoms with E-state index >= 15 is 0 Å². The molecule has 3 nitrogen and oxygen atoms in total. The molecule has 0 saturated carbocycles. The largest absolute Gasteiger partial charge is 0.373 e. The Kier molecular flexibility index (Phi) is 3.31. The van der Waals surface area contributed by atoms with Crippen molar-refractivity contribution in [3.8, 4) is 6.07 Å². The molecule has 0 unspecified atom stereocenters. The molecule has 0 fully saturated rings. The van der Waals surface area contributed by atoms with E-state index in [4.69, 9.17) is 5.26 Å². The van der Waals surface area contributed by atoms with Gasteiger partial charge in [0.1, 0.15) is 11.8 Å². The summed E-state index contributed by atoms with van der Waals surface area (Å²) in [5.74, 6) is 0. The Balaban J connectivity index is 2.75. The molecule has 1 aromatic rings. The van der Waals surface area contributed by atoms with Crippen LogP contribution in [-0.4, -0.2) is 18.6 Å². The van der Waals surface area contributed by atoms with Gasteiger partial charge in [0.25, 0.3) is 0 Å². The minimum Gasteiger partial charge on any atom is -0.373 e. The molecule has 0 amide bonds. The van der Waals surface area contributed by atoms with E-state index < -0.39 is 0 Å². The zero-order chi connectivity index (χ0) is 11.5. The molecule has 0 N–H and O–H groups in total. The van der Waals surface area contributed by atoms with E-state index in [1.165, 1.54) is 0 Å². The zero-order valence-corrected chi connectivity index (χ0v) is 9.78. The second-order valence-electron chi connectivity index (χ2n) is 4.93. The van der Waals surface area contributed by atoms with Gasteiger partial charge in [-0.2, -0.15) is 5.26 Å². The topological polar surface area (TPSA) is 39.9 Å². The zero-order valence-electron chi connectivity index (χ0n) is 9.78. The summed E-state index contributed by atoms with van der Waals surface area (Å²) in [4.78, 5) is 6.19. The van der Waals surface area contributed by atoms with Crippen molar-refractivity contribution in [2.75, 3.05) is 18.5 Å². The van der Waals surface area contributed by atoms with Gasteiger partial charge in [-0.3, -0.25) is 0 Å². The molecular weight excluding hydrogens is 186 g/mol. The Hall–Kier alpha value is -1.56. The molecule has 80 valence electrons. The maximum atomic E-state index is 8.63. The maximum Gasteiger partial charge on any atom is 0.140 e. The molecule has 0 aromatic carbocycles. The van der Waals surface area contributed by atoms with Crippen LogP contribution in [0.2, 0.25) is 0 Å². The molecule has 0 radical (unpaired) electrons. The first-order valence-electron chi connectivity index (χ1n) is 5.00. The lowest BCUT2D eigenvalue weighted by molar-refractivity contribution is 0.419. The molecule has 15 heavy (non-hydrogen) atoms. The second kappa shape index (κ2) is 4.31. The van der Waals surface area contributed by atoms with Gasteiger partial charge < -0.3 is 4.90 Å². The molecule has 1 heterocycles. The second-order valence-corrected chi connectivity index (χ2v) is 4.93. The van der Waals surface area contributed by atoms with E-state index in [0.29, 0.717) is 5.69 Å². The quantitative estimate of drug-likeness (QED) is 0.741. The highest BCUT2D eigenvalue weighted by Gasteiger charge is 2.13. The highest BCUT2D eigenvalue weighted by Crippen LogP contribution is 2.19. The van der Waals surface area contributed by atoms with Crippen LogP contribution in [0, 0.1) is 16.7 Å². The van der Waals surface area contributed by atoms with Crippen LogP contribution in [0.4, 0.5) is 5.69 Å². The van der Waals surface area contributed by atoms with Crippen molar-refractivity contribution in [2.24, 2.45) is 5.41 Å². The first-order chi connectivity index (χ1) is 6.92. The number of nitriles is 1. The lowest BCUT2D eigenvalue weighted by Gasteiger charge is -2.27. The smallest absolute Gasteiger partial charge is 0.140 e. The van der Waals surface area contributed by atoms with E-state index in [9.17, 15) is 0 Å². The Morgan fingerprint density at radius 1 is 1.40 bits per heavy atom. The summed E-state index contributed by atoms with van der Waals surface area (Å²) >= 11 is 0. The molecule has 0 aliphatic carbocycles. The van der Waals surface area contributed by atoms with Crippen LogP contribution in [-0.2, 0) is 0 Å². The van der Waals surface area contributed by atoms with Crippen LogP contribution in [0.1, 0.15) is 26.5 Å². The minimum absolute atomic E-state index is 0.253. The predicted octanol–water partition coefficient (Wildman–Crippen LogP) is 2.44. The lowest BCUT2D eigenvalue weighted by Crippen LogP contribution is -2.29. The van der Waals surface area contributed by atoms with Gasteiger partial charge in [0.05, 0.1) is 11.9 Å². The van der Waals surface area contributed by atoms with Gasteiger partial charge in [-0.05, 0) is 17.5 Å². The monoisotopic (exact) mass is 203 g/mol. The normalized spacial score (nSPS) is 10.9. The van der Waals surface area contributed by atoms with Crippen molar-refractivity contribution in [3.63, 3.8) is 0 Å². The number of aromatic nitrogens is 1. The maximum absolute atomic E-state index is 8.63. The summed E-state index contributed by atoms with van der Waals surface area (Å²) in [5, 5.41) is 8.63. The molecule has 3 heteroatoms.